The molecule has 5 rings (SSSR count). The fourth-order valence-electron chi connectivity index (χ4n) is 4.18. The molecular formula is C26H21ClN2O3. The number of rotatable bonds is 4. The number of hydrogen-bond acceptors (Lipinski definition) is 4. The number of para-hydroxylation sites is 1. The first kappa shape index (κ1) is 20.5. The van der Waals surface area contributed by atoms with E-state index in [1.165, 1.54) is 4.90 Å². The van der Waals surface area contributed by atoms with Crippen molar-refractivity contribution in [2.75, 3.05) is 9.96 Å². The van der Waals surface area contributed by atoms with Crippen molar-refractivity contribution in [3.63, 3.8) is 0 Å². The zero-order chi connectivity index (χ0) is 22.2. The van der Waals surface area contributed by atoms with Crippen LogP contribution in [0.2, 0.25) is 5.02 Å². The number of aryl methyl sites for hydroxylation is 1. The van der Waals surface area contributed by atoms with Crippen LogP contribution in [-0.4, -0.2) is 24.0 Å². The summed E-state index contributed by atoms with van der Waals surface area (Å²) in [6, 6.07) is 23.9. The van der Waals surface area contributed by atoms with E-state index >= 15 is 0 Å². The van der Waals surface area contributed by atoms with Crippen molar-refractivity contribution in [3.8, 4) is 0 Å². The maximum Gasteiger partial charge on any atom is 0.266 e. The Bertz CT molecular complexity index is 1180. The Morgan fingerprint density at radius 1 is 0.844 bits per heavy atom. The summed E-state index contributed by atoms with van der Waals surface area (Å²) < 4.78 is 0. The highest BCUT2D eigenvalue weighted by molar-refractivity contribution is 6.30. The lowest BCUT2D eigenvalue weighted by atomic mass is 9.95. The highest BCUT2D eigenvalue weighted by Crippen LogP contribution is 2.41. The number of fused-ring (bicyclic) bond motifs is 1. The number of amides is 2. The molecule has 6 heteroatoms. The molecule has 160 valence electrons. The lowest BCUT2D eigenvalue weighted by molar-refractivity contribution is -0.126. The van der Waals surface area contributed by atoms with Gasteiger partial charge in [-0.15, -0.1) is 0 Å². The molecule has 2 aliphatic heterocycles. The van der Waals surface area contributed by atoms with Gasteiger partial charge < -0.3 is 0 Å². The number of benzene rings is 3. The van der Waals surface area contributed by atoms with Crippen LogP contribution in [0.4, 0.5) is 11.4 Å². The molecule has 2 fully saturated rings. The summed E-state index contributed by atoms with van der Waals surface area (Å²) in [5.41, 5.74) is 3.35. The average molecular weight is 445 g/mol. The van der Waals surface area contributed by atoms with Gasteiger partial charge in [0.25, 0.3) is 5.91 Å². The largest absolute Gasteiger partial charge is 0.273 e. The molecule has 32 heavy (non-hydrogen) atoms. The molecule has 2 saturated heterocycles. The van der Waals surface area contributed by atoms with E-state index < -0.39 is 18.1 Å². The van der Waals surface area contributed by atoms with Crippen LogP contribution in [0.1, 0.15) is 11.1 Å². The van der Waals surface area contributed by atoms with Crippen LogP contribution in [0.25, 0.3) is 6.08 Å². The van der Waals surface area contributed by atoms with Gasteiger partial charge in [0, 0.05) is 5.02 Å². The molecule has 3 aromatic carbocycles. The van der Waals surface area contributed by atoms with Crippen LogP contribution in [0, 0.1) is 12.8 Å². The minimum Gasteiger partial charge on any atom is -0.273 e. The van der Waals surface area contributed by atoms with Gasteiger partial charge in [0.05, 0.1) is 17.4 Å². The van der Waals surface area contributed by atoms with E-state index in [0.29, 0.717) is 10.7 Å². The van der Waals surface area contributed by atoms with Gasteiger partial charge in [0.1, 0.15) is 5.92 Å². The Morgan fingerprint density at radius 2 is 1.53 bits per heavy atom. The van der Waals surface area contributed by atoms with Crippen LogP contribution in [0.5, 0.6) is 0 Å². The second kappa shape index (κ2) is 8.26. The summed E-state index contributed by atoms with van der Waals surface area (Å²) in [7, 11) is 0. The first-order chi connectivity index (χ1) is 15.5. The molecule has 2 heterocycles. The minimum absolute atomic E-state index is 0.256. The van der Waals surface area contributed by atoms with Gasteiger partial charge >= 0.3 is 0 Å². The lowest BCUT2D eigenvalue weighted by Crippen LogP contribution is -2.39. The van der Waals surface area contributed by atoms with E-state index in [9.17, 15) is 9.59 Å². The Labute approximate surface area is 191 Å². The molecule has 0 spiro atoms. The van der Waals surface area contributed by atoms with E-state index in [4.69, 9.17) is 16.4 Å². The van der Waals surface area contributed by atoms with E-state index in [1.54, 1.807) is 17.2 Å². The number of hydroxylamine groups is 1. The average Bonchev–Trinajstić information content (AvgIpc) is 3.30. The van der Waals surface area contributed by atoms with Crippen LogP contribution < -0.4 is 9.96 Å². The van der Waals surface area contributed by atoms with Crippen LogP contribution >= 0.6 is 11.6 Å². The fourth-order valence-corrected chi connectivity index (χ4v) is 4.31. The Morgan fingerprint density at radius 3 is 2.22 bits per heavy atom. The first-order valence-electron chi connectivity index (χ1n) is 10.4. The lowest BCUT2D eigenvalue weighted by Gasteiger charge is -2.26. The van der Waals surface area contributed by atoms with Gasteiger partial charge in [-0.25, -0.2) is 9.96 Å². The second-order valence-corrected chi connectivity index (χ2v) is 8.40. The number of nitrogens with zero attached hydrogens (tertiary/aromatic N) is 2. The molecule has 0 N–H and O–H groups in total. The van der Waals surface area contributed by atoms with Crippen molar-refractivity contribution < 1.29 is 14.4 Å². The molecule has 0 bridgehead atoms. The van der Waals surface area contributed by atoms with Crippen LogP contribution in [0.15, 0.2) is 84.9 Å². The molecule has 3 aromatic rings. The predicted molar refractivity (Wildman–Crippen MR) is 125 cm³/mol. The number of imide groups is 1. The first-order valence-corrected chi connectivity index (χ1v) is 10.8. The SMILES string of the molecule is Cc1ccc(N2C(=O)[C@H]3[C@@H](/C=C\c4ccc(Cl)cc4)N(c4ccccc4)O[C@H]3C2=O)cc1. The van der Waals surface area contributed by atoms with Crippen LogP contribution in [-0.2, 0) is 14.4 Å². The molecule has 2 aliphatic rings. The van der Waals surface area contributed by atoms with Crippen molar-refractivity contribution in [2.24, 2.45) is 5.92 Å². The fraction of sp³-hybridized carbons (Fsp3) is 0.154. The molecule has 0 radical (unpaired) electrons. The third kappa shape index (κ3) is 3.60. The molecule has 0 saturated carbocycles. The monoisotopic (exact) mass is 444 g/mol. The molecule has 0 aliphatic carbocycles. The topological polar surface area (TPSA) is 49.9 Å². The van der Waals surface area contributed by atoms with E-state index in [2.05, 4.69) is 0 Å². The summed E-state index contributed by atoms with van der Waals surface area (Å²) in [4.78, 5) is 34.1. The van der Waals surface area contributed by atoms with Crippen molar-refractivity contribution in [1.29, 1.82) is 0 Å². The van der Waals surface area contributed by atoms with Gasteiger partial charge in [-0.1, -0.05) is 71.8 Å². The molecule has 0 unspecified atom stereocenters. The van der Waals surface area contributed by atoms with Gasteiger partial charge in [-0.3, -0.25) is 14.4 Å². The highest BCUT2D eigenvalue weighted by atomic mass is 35.5. The van der Waals surface area contributed by atoms with Crippen molar-refractivity contribution in [3.05, 3.63) is 101 Å². The maximum atomic E-state index is 13.5. The summed E-state index contributed by atoms with van der Waals surface area (Å²) >= 11 is 5.99. The van der Waals surface area contributed by atoms with Gasteiger partial charge in [-0.05, 0) is 48.9 Å². The third-order valence-electron chi connectivity index (χ3n) is 5.82. The van der Waals surface area contributed by atoms with Crippen molar-refractivity contribution in [2.45, 2.75) is 19.1 Å². The Hall–Kier alpha value is -3.41. The van der Waals surface area contributed by atoms with Crippen molar-refractivity contribution in [1.82, 2.24) is 0 Å². The maximum absolute atomic E-state index is 13.5. The number of anilines is 2. The quantitative estimate of drug-likeness (QED) is 0.529. The minimum atomic E-state index is -0.871. The Kier molecular flexibility index (Phi) is 5.29. The summed E-state index contributed by atoms with van der Waals surface area (Å²) in [5.74, 6) is -1.24. The zero-order valence-corrected chi connectivity index (χ0v) is 18.1. The Balaban J connectivity index is 1.51. The van der Waals surface area contributed by atoms with E-state index in [0.717, 1.165) is 16.8 Å². The number of halogens is 1. The molecular weight excluding hydrogens is 424 g/mol. The molecule has 0 aromatic heterocycles. The normalized spacial score (nSPS) is 22.8. The number of hydrogen-bond donors (Lipinski definition) is 0. The third-order valence-corrected chi connectivity index (χ3v) is 6.07. The highest BCUT2D eigenvalue weighted by Gasteiger charge is 2.59. The number of carbonyl (C=O) groups is 2. The van der Waals surface area contributed by atoms with E-state index in [-0.39, 0.29) is 11.8 Å². The molecule has 2 amide bonds. The zero-order valence-electron chi connectivity index (χ0n) is 17.4. The smallest absolute Gasteiger partial charge is 0.266 e. The van der Waals surface area contributed by atoms with Gasteiger partial charge in [-0.2, -0.15) is 0 Å². The van der Waals surface area contributed by atoms with Crippen molar-refractivity contribution >= 4 is 40.9 Å². The standard InChI is InChI=1S/C26H21ClN2O3/c1-17-7-14-20(15-8-17)28-25(30)23-22(16-11-18-9-12-19(27)13-10-18)29(32-24(23)26(28)31)21-5-3-2-4-6-21/h2-16,22-24H,1H3/b16-11-/t22-,23+,24-/m1/s1. The van der Waals surface area contributed by atoms with Crippen LogP contribution in [0.3, 0.4) is 0 Å². The predicted octanol–water partition coefficient (Wildman–Crippen LogP) is 5.04. The molecule has 5 nitrogen and oxygen atoms in total. The summed E-state index contributed by atoms with van der Waals surface area (Å²) in [6.07, 6.45) is 2.98. The number of carbonyl (C=O) groups excluding carboxylic acids is 2. The van der Waals surface area contributed by atoms with Gasteiger partial charge in [0.15, 0.2) is 6.10 Å². The summed E-state index contributed by atoms with van der Waals surface area (Å²) in [5, 5.41) is 2.33. The second-order valence-electron chi connectivity index (χ2n) is 7.96. The summed E-state index contributed by atoms with van der Waals surface area (Å²) in [6.45, 7) is 1.96. The van der Waals surface area contributed by atoms with Gasteiger partial charge in [0.2, 0.25) is 5.91 Å². The van der Waals surface area contributed by atoms with E-state index in [1.807, 2.05) is 85.8 Å². The molecule has 3 atom stereocenters.